The van der Waals surface area contributed by atoms with Crippen molar-refractivity contribution in [2.45, 2.75) is 20.0 Å². The van der Waals surface area contributed by atoms with E-state index < -0.39 is 0 Å². The number of rotatable bonds is 7. The molecular formula is C24H26N8O. The summed E-state index contributed by atoms with van der Waals surface area (Å²) in [4.78, 5) is 21.2. The first-order valence-corrected chi connectivity index (χ1v) is 10.5. The molecule has 1 aromatic heterocycles. The second-order valence-electron chi connectivity index (χ2n) is 8.12. The molecule has 9 nitrogen and oxygen atoms in total. The van der Waals surface area contributed by atoms with Crippen LogP contribution in [0.3, 0.4) is 0 Å². The van der Waals surface area contributed by atoms with E-state index in [1.165, 1.54) is 0 Å². The van der Waals surface area contributed by atoms with Crippen molar-refractivity contribution < 1.29 is 4.84 Å². The molecule has 0 spiro atoms. The third-order valence-corrected chi connectivity index (χ3v) is 5.06. The van der Waals surface area contributed by atoms with Crippen LogP contribution in [0, 0.1) is 25.2 Å². The zero-order chi connectivity index (χ0) is 23.4. The van der Waals surface area contributed by atoms with Gasteiger partial charge in [-0.3, -0.25) is 0 Å². The second-order valence-corrected chi connectivity index (χ2v) is 8.12. The van der Waals surface area contributed by atoms with E-state index >= 15 is 0 Å². The normalized spacial score (nSPS) is 15.0. The molecule has 0 radical (unpaired) electrons. The predicted octanol–water partition coefficient (Wildman–Crippen LogP) is 3.62. The van der Waals surface area contributed by atoms with Crippen LogP contribution in [0.25, 0.3) is 0 Å². The second kappa shape index (κ2) is 9.65. The van der Waals surface area contributed by atoms with Crippen LogP contribution in [0.2, 0.25) is 0 Å². The fourth-order valence-corrected chi connectivity index (χ4v) is 3.53. The number of nitrogens with zero attached hydrogens (tertiary/aromatic N) is 5. The Morgan fingerprint density at radius 1 is 1.09 bits per heavy atom. The highest BCUT2D eigenvalue weighted by Gasteiger charge is 2.21. The summed E-state index contributed by atoms with van der Waals surface area (Å²) < 4.78 is 0. The maximum atomic E-state index is 8.94. The Hall–Kier alpha value is -4.00. The first-order valence-electron chi connectivity index (χ1n) is 10.5. The molecule has 1 aliphatic rings. The van der Waals surface area contributed by atoms with Gasteiger partial charge in [0.05, 0.1) is 11.6 Å². The van der Waals surface area contributed by atoms with Crippen molar-refractivity contribution in [2.75, 3.05) is 31.3 Å². The summed E-state index contributed by atoms with van der Waals surface area (Å²) in [5, 5.41) is 15.5. The molecule has 2 aromatic carbocycles. The maximum absolute atomic E-state index is 8.94. The summed E-state index contributed by atoms with van der Waals surface area (Å²) in [6, 6.07) is 15.1. The van der Waals surface area contributed by atoms with Crippen molar-refractivity contribution in [1.29, 1.82) is 5.26 Å². The SMILES string of the molecule is Cc1cc(C2=NC(CN(C)C)NO2)cc(C)c1Nc1ccnc(Nc2ccc(C#N)cc2)n1. The zero-order valence-electron chi connectivity index (χ0n) is 19.0. The number of likely N-dealkylation sites (N-methyl/N-ethyl adjacent to an activating group) is 1. The Morgan fingerprint density at radius 2 is 1.82 bits per heavy atom. The number of nitriles is 1. The molecule has 0 saturated carbocycles. The van der Waals surface area contributed by atoms with Crippen molar-refractivity contribution in [3.63, 3.8) is 0 Å². The van der Waals surface area contributed by atoms with Crippen LogP contribution in [-0.2, 0) is 4.84 Å². The molecule has 168 valence electrons. The highest BCUT2D eigenvalue weighted by atomic mass is 16.7. The molecular weight excluding hydrogens is 416 g/mol. The van der Waals surface area contributed by atoms with Gasteiger partial charge in [-0.1, -0.05) is 0 Å². The Kier molecular flexibility index (Phi) is 6.49. The van der Waals surface area contributed by atoms with Crippen LogP contribution in [-0.4, -0.2) is 47.6 Å². The van der Waals surface area contributed by atoms with E-state index in [2.05, 4.69) is 42.0 Å². The van der Waals surface area contributed by atoms with E-state index in [4.69, 9.17) is 10.1 Å². The molecule has 3 aromatic rings. The lowest BCUT2D eigenvalue weighted by molar-refractivity contribution is 0.162. The van der Waals surface area contributed by atoms with Gasteiger partial charge in [-0.15, -0.1) is 5.48 Å². The quantitative estimate of drug-likeness (QED) is 0.509. The summed E-state index contributed by atoms with van der Waals surface area (Å²) in [6.07, 6.45) is 1.61. The molecule has 0 bridgehead atoms. The van der Waals surface area contributed by atoms with Crippen LogP contribution in [0.1, 0.15) is 22.3 Å². The number of hydrogen-bond donors (Lipinski definition) is 3. The van der Waals surface area contributed by atoms with Crippen molar-refractivity contribution in [3.8, 4) is 6.07 Å². The molecule has 0 fully saturated rings. The van der Waals surface area contributed by atoms with Gasteiger partial charge in [0, 0.05) is 29.7 Å². The van der Waals surface area contributed by atoms with Gasteiger partial charge in [-0.05, 0) is 81.5 Å². The highest BCUT2D eigenvalue weighted by Crippen LogP contribution is 2.27. The fourth-order valence-electron chi connectivity index (χ4n) is 3.53. The third kappa shape index (κ3) is 5.44. The first kappa shape index (κ1) is 22.2. The third-order valence-electron chi connectivity index (χ3n) is 5.06. The zero-order valence-corrected chi connectivity index (χ0v) is 19.0. The highest BCUT2D eigenvalue weighted by molar-refractivity contribution is 5.96. The van der Waals surface area contributed by atoms with Gasteiger partial charge in [0.15, 0.2) is 0 Å². The molecule has 3 N–H and O–H groups in total. The molecule has 1 aliphatic heterocycles. The monoisotopic (exact) mass is 442 g/mol. The standard InChI is InChI=1S/C24H26N8O/c1-15-11-18(23-29-21(31-33-23)14-32(3)4)12-16(2)22(15)28-20-9-10-26-24(30-20)27-19-7-5-17(13-25)6-8-19/h5-12,21,31H,14H2,1-4H3,(H2,26,27,28,30). The van der Waals surface area contributed by atoms with E-state index in [0.29, 0.717) is 23.2 Å². The molecule has 9 heteroatoms. The van der Waals surface area contributed by atoms with Gasteiger partial charge in [0.2, 0.25) is 11.8 Å². The Labute approximate surface area is 193 Å². The van der Waals surface area contributed by atoms with Gasteiger partial charge < -0.3 is 20.4 Å². The number of benzene rings is 2. The van der Waals surface area contributed by atoms with Crippen molar-refractivity contribution >= 4 is 29.0 Å². The Morgan fingerprint density at radius 3 is 2.48 bits per heavy atom. The van der Waals surface area contributed by atoms with E-state index in [1.54, 1.807) is 18.3 Å². The van der Waals surface area contributed by atoms with Crippen LogP contribution in [0.5, 0.6) is 0 Å². The molecule has 1 unspecified atom stereocenters. The summed E-state index contributed by atoms with van der Waals surface area (Å²) in [6.45, 7) is 4.83. The molecule has 1 atom stereocenters. The number of hydrogen-bond acceptors (Lipinski definition) is 9. The van der Waals surface area contributed by atoms with Crippen LogP contribution in [0.15, 0.2) is 53.7 Å². The van der Waals surface area contributed by atoms with Gasteiger partial charge >= 0.3 is 0 Å². The lowest BCUT2D eigenvalue weighted by atomic mass is 10.0. The fraction of sp³-hybridized carbons (Fsp3) is 0.250. The summed E-state index contributed by atoms with van der Waals surface area (Å²) in [7, 11) is 4.00. The van der Waals surface area contributed by atoms with Crippen molar-refractivity contribution in [3.05, 3.63) is 70.9 Å². The molecule has 0 amide bonds. The average Bonchev–Trinajstić information content (AvgIpc) is 3.25. The van der Waals surface area contributed by atoms with Crippen molar-refractivity contribution in [2.24, 2.45) is 4.99 Å². The molecule has 0 saturated heterocycles. The lowest BCUT2D eigenvalue weighted by Gasteiger charge is -2.14. The molecule has 2 heterocycles. The minimum absolute atomic E-state index is 0.0866. The molecule has 4 rings (SSSR count). The predicted molar refractivity (Wildman–Crippen MR) is 129 cm³/mol. The topological polar surface area (TPSA) is 110 Å². The number of aromatic nitrogens is 2. The Bertz CT molecular complexity index is 1190. The summed E-state index contributed by atoms with van der Waals surface area (Å²) in [5.41, 5.74) is 8.36. The van der Waals surface area contributed by atoms with Crippen molar-refractivity contribution in [1.82, 2.24) is 20.3 Å². The average molecular weight is 443 g/mol. The van der Waals surface area contributed by atoms with E-state index in [-0.39, 0.29) is 6.17 Å². The maximum Gasteiger partial charge on any atom is 0.242 e. The van der Waals surface area contributed by atoms with Crippen LogP contribution < -0.4 is 16.1 Å². The number of nitrogens with one attached hydrogen (secondary N) is 3. The van der Waals surface area contributed by atoms with Gasteiger partial charge in [0.25, 0.3) is 0 Å². The van der Waals surface area contributed by atoms with Crippen LogP contribution in [0.4, 0.5) is 23.1 Å². The summed E-state index contributed by atoms with van der Waals surface area (Å²) in [5.74, 6) is 1.72. The number of aryl methyl sites for hydroxylation is 2. The van der Waals surface area contributed by atoms with Crippen LogP contribution >= 0.6 is 0 Å². The van der Waals surface area contributed by atoms with Gasteiger partial charge in [-0.25, -0.2) is 9.98 Å². The Balaban J connectivity index is 1.50. The van der Waals surface area contributed by atoms with E-state index in [9.17, 15) is 0 Å². The minimum atomic E-state index is -0.0866. The smallest absolute Gasteiger partial charge is 0.242 e. The lowest BCUT2D eigenvalue weighted by Crippen LogP contribution is -2.32. The number of aliphatic imine (C=N–C) groups is 1. The number of anilines is 4. The van der Waals surface area contributed by atoms with E-state index in [0.717, 1.165) is 34.6 Å². The number of hydroxylamine groups is 1. The van der Waals surface area contributed by atoms with Gasteiger partial charge in [-0.2, -0.15) is 10.2 Å². The molecule has 0 aliphatic carbocycles. The van der Waals surface area contributed by atoms with Gasteiger partial charge in [0.1, 0.15) is 12.0 Å². The largest absolute Gasteiger partial charge is 0.386 e. The minimum Gasteiger partial charge on any atom is -0.386 e. The summed E-state index contributed by atoms with van der Waals surface area (Å²) >= 11 is 0. The van der Waals surface area contributed by atoms with E-state index in [1.807, 2.05) is 58.3 Å². The molecule has 33 heavy (non-hydrogen) atoms. The first-order chi connectivity index (χ1) is 15.9.